The van der Waals surface area contributed by atoms with Crippen LogP contribution in [0.4, 0.5) is 13.2 Å². The van der Waals surface area contributed by atoms with Crippen molar-refractivity contribution in [2.75, 3.05) is 7.11 Å². The second kappa shape index (κ2) is 10.1. The van der Waals surface area contributed by atoms with Crippen LogP contribution in [-0.4, -0.2) is 38.7 Å². The molecule has 0 amide bonds. The van der Waals surface area contributed by atoms with Crippen molar-refractivity contribution in [2.45, 2.75) is 25.4 Å². The number of rotatable bonds is 8. The van der Waals surface area contributed by atoms with Gasteiger partial charge < -0.3 is 14.2 Å². The SMILES string of the molecule is COC(Cc1ccc(Cl)cc1)Cn1c(Oc2cccc(OC(F)(F)F)c2)nc2c1c(=O)[nH]c(=O)n2C. The predicted molar refractivity (Wildman–Crippen MR) is 125 cm³/mol. The first-order chi connectivity index (χ1) is 17.0. The number of fused-ring (bicyclic) bond motifs is 1. The largest absolute Gasteiger partial charge is 0.573 e. The van der Waals surface area contributed by atoms with Crippen molar-refractivity contribution < 1.29 is 27.4 Å². The number of hydrogen-bond donors (Lipinski definition) is 1. The van der Waals surface area contributed by atoms with Gasteiger partial charge in [-0.2, -0.15) is 4.98 Å². The smallest absolute Gasteiger partial charge is 0.425 e. The van der Waals surface area contributed by atoms with Crippen molar-refractivity contribution in [3.8, 4) is 17.5 Å². The van der Waals surface area contributed by atoms with Crippen LogP contribution in [0.2, 0.25) is 5.02 Å². The van der Waals surface area contributed by atoms with Crippen LogP contribution in [0.1, 0.15) is 5.56 Å². The number of nitrogens with zero attached hydrogens (tertiary/aromatic N) is 3. The van der Waals surface area contributed by atoms with E-state index in [9.17, 15) is 22.8 Å². The minimum atomic E-state index is -4.88. The van der Waals surface area contributed by atoms with E-state index < -0.39 is 29.5 Å². The van der Waals surface area contributed by atoms with Gasteiger partial charge in [0.2, 0.25) is 0 Å². The Morgan fingerprint density at radius 2 is 1.81 bits per heavy atom. The number of aromatic amines is 1. The average Bonchev–Trinajstić information content (AvgIpc) is 3.16. The first kappa shape index (κ1) is 25.3. The fraction of sp³-hybridized carbons (Fsp3) is 0.261. The van der Waals surface area contributed by atoms with Gasteiger partial charge in [0.05, 0.1) is 12.6 Å². The van der Waals surface area contributed by atoms with E-state index in [1.807, 2.05) is 12.1 Å². The molecule has 36 heavy (non-hydrogen) atoms. The zero-order chi connectivity index (χ0) is 26.0. The topological polar surface area (TPSA) is 100 Å². The van der Waals surface area contributed by atoms with Crippen LogP contribution in [0.15, 0.2) is 58.1 Å². The molecule has 1 unspecified atom stereocenters. The summed E-state index contributed by atoms with van der Waals surface area (Å²) in [6, 6.07) is 11.9. The van der Waals surface area contributed by atoms with Crippen molar-refractivity contribution in [2.24, 2.45) is 7.05 Å². The van der Waals surface area contributed by atoms with E-state index in [2.05, 4.69) is 14.7 Å². The minimum Gasteiger partial charge on any atom is -0.425 e. The Hall–Kier alpha value is -3.77. The van der Waals surface area contributed by atoms with Crippen LogP contribution in [0.5, 0.6) is 17.5 Å². The van der Waals surface area contributed by atoms with E-state index in [1.165, 1.54) is 30.9 Å². The molecule has 190 valence electrons. The molecule has 0 spiro atoms. The van der Waals surface area contributed by atoms with Gasteiger partial charge in [-0.05, 0) is 29.8 Å². The molecular weight excluding hydrogens is 505 g/mol. The number of imidazole rings is 1. The Morgan fingerprint density at radius 1 is 1.11 bits per heavy atom. The third-order valence-corrected chi connectivity index (χ3v) is 5.57. The number of halogens is 4. The zero-order valence-electron chi connectivity index (χ0n) is 19.0. The third kappa shape index (κ3) is 5.71. The van der Waals surface area contributed by atoms with Crippen molar-refractivity contribution in [1.29, 1.82) is 0 Å². The molecule has 0 radical (unpaired) electrons. The molecule has 1 N–H and O–H groups in total. The standard InChI is InChI=1S/C23H20ClF3N4O5/c1-30-19-18(20(32)29-21(30)33)31(12-17(34-2)10-13-6-8-14(24)9-7-13)22(28-19)35-15-4-3-5-16(11-15)36-23(25,26)27/h3-9,11,17H,10,12H2,1-2H3,(H,29,32,33). The van der Waals surface area contributed by atoms with Gasteiger partial charge in [0, 0.05) is 31.7 Å². The molecule has 0 saturated heterocycles. The summed E-state index contributed by atoms with van der Waals surface area (Å²) in [5, 5.41) is 0.577. The molecule has 9 nitrogen and oxygen atoms in total. The Labute approximate surface area is 206 Å². The van der Waals surface area contributed by atoms with E-state index in [4.69, 9.17) is 21.1 Å². The van der Waals surface area contributed by atoms with Gasteiger partial charge in [-0.1, -0.05) is 29.8 Å². The van der Waals surface area contributed by atoms with E-state index in [-0.39, 0.29) is 29.5 Å². The zero-order valence-corrected chi connectivity index (χ0v) is 19.8. The molecule has 2 aromatic carbocycles. The van der Waals surface area contributed by atoms with E-state index in [0.29, 0.717) is 11.4 Å². The molecule has 1 atom stereocenters. The van der Waals surface area contributed by atoms with Crippen LogP contribution in [0.3, 0.4) is 0 Å². The summed E-state index contributed by atoms with van der Waals surface area (Å²) < 4.78 is 55.8. The van der Waals surface area contributed by atoms with Crippen LogP contribution >= 0.6 is 11.6 Å². The van der Waals surface area contributed by atoms with Gasteiger partial charge in [-0.25, -0.2) is 4.79 Å². The Kier molecular flexibility index (Phi) is 7.09. The van der Waals surface area contributed by atoms with Gasteiger partial charge >= 0.3 is 18.1 Å². The monoisotopic (exact) mass is 524 g/mol. The molecular formula is C23H20ClF3N4O5. The van der Waals surface area contributed by atoms with Gasteiger partial charge in [0.15, 0.2) is 11.2 Å². The van der Waals surface area contributed by atoms with E-state index in [0.717, 1.165) is 22.3 Å². The summed E-state index contributed by atoms with van der Waals surface area (Å²) in [5.41, 5.74) is -0.410. The highest BCUT2D eigenvalue weighted by atomic mass is 35.5. The summed E-state index contributed by atoms with van der Waals surface area (Å²) in [6.45, 7) is 0.0744. The third-order valence-electron chi connectivity index (χ3n) is 5.32. The quantitative estimate of drug-likeness (QED) is 0.374. The lowest BCUT2D eigenvalue weighted by atomic mass is 10.1. The molecule has 2 heterocycles. The molecule has 4 rings (SSSR count). The van der Waals surface area contributed by atoms with Crippen molar-refractivity contribution in [3.05, 3.63) is 80.0 Å². The number of aromatic nitrogens is 4. The highest BCUT2D eigenvalue weighted by Gasteiger charge is 2.31. The molecule has 2 aromatic heterocycles. The Bertz CT molecular complexity index is 1500. The first-order valence-corrected chi connectivity index (χ1v) is 10.9. The number of aryl methyl sites for hydroxylation is 1. The minimum absolute atomic E-state index is 0.0265. The van der Waals surface area contributed by atoms with E-state index in [1.54, 1.807) is 12.1 Å². The number of nitrogens with one attached hydrogen (secondary N) is 1. The number of H-pyrrole nitrogens is 1. The molecule has 0 aliphatic carbocycles. The number of hydrogen-bond acceptors (Lipinski definition) is 6. The second-order valence-electron chi connectivity index (χ2n) is 7.81. The summed E-state index contributed by atoms with van der Waals surface area (Å²) >= 11 is 5.95. The van der Waals surface area contributed by atoms with Crippen LogP contribution in [0, 0.1) is 0 Å². The van der Waals surface area contributed by atoms with E-state index >= 15 is 0 Å². The lowest BCUT2D eigenvalue weighted by Crippen LogP contribution is -2.30. The summed E-state index contributed by atoms with van der Waals surface area (Å²) in [4.78, 5) is 31.3. The van der Waals surface area contributed by atoms with Crippen LogP contribution < -0.4 is 20.7 Å². The normalized spacial score (nSPS) is 12.6. The van der Waals surface area contributed by atoms with Crippen molar-refractivity contribution in [3.63, 3.8) is 0 Å². The van der Waals surface area contributed by atoms with Crippen LogP contribution in [-0.2, 0) is 24.8 Å². The summed E-state index contributed by atoms with van der Waals surface area (Å²) in [6.07, 6.45) is -4.92. The first-order valence-electron chi connectivity index (χ1n) is 10.5. The number of alkyl halides is 3. The molecule has 0 aliphatic heterocycles. The Morgan fingerprint density at radius 3 is 2.47 bits per heavy atom. The average molecular weight is 525 g/mol. The van der Waals surface area contributed by atoms with Gasteiger partial charge in [-0.3, -0.25) is 18.9 Å². The maximum atomic E-state index is 12.7. The molecule has 13 heteroatoms. The van der Waals surface area contributed by atoms with Gasteiger partial charge in [0.25, 0.3) is 5.56 Å². The number of benzene rings is 2. The second-order valence-corrected chi connectivity index (χ2v) is 8.24. The van der Waals surface area contributed by atoms with Gasteiger partial charge in [-0.15, -0.1) is 13.2 Å². The highest BCUT2D eigenvalue weighted by molar-refractivity contribution is 6.30. The summed E-state index contributed by atoms with van der Waals surface area (Å²) in [5.74, 6) is -0.521. The molecule has 4 aromatic rings. The van der Waals surface area contributed by atoms with Gasteiger partial charge in [0.1, 0.15) is 11.5 Å². The molecule has 0 fully saturated rings. The lowest BCUT2D eigenvalue weighted by Gasteiger charge is -2.18. The predicted octanol–water partition coefficient (Wildman–Crippen LogP) is 4.03. The number of ether oxygens (including phenoxy) is 3. The lowest BCUT2D eigenvalue weighted by molar-refractivity contribution is -0.274. The fourth-order valence-corrected chi connectivity index (χ4v) is 3.74. The number of methoxy groups -OCH3 is 1. The molecule has 0 aliphatic rings. The summed E-state index contributed by atoms with van der Waals surface area (Å²) in [7, 11) is 2.92. The molecule has 0 saturated carbocycles. The van der Waals surface area contributed by atoms with Crippen molar-refractivity contribution >= 4 is 22.8 Å². The van der Waals surface area contributed by atoms with Crippen LogP contribution in [0.25, 0.3) is 11.2 Å². The fourth-order valence-electron chi connectivity index (χ4n) is 3.61. The highest BCUT2D eigenvalue weighted by Crippen LogP contribution is 2.30. The van der Waals surface area contributed by atoms with Crippen molar-refractivity contribution in [1.82, 2.24) is 19.1 Å². The maximum Gasteiger partial charge on any atom is 0.573 e. The molecule has 0 bridgehead atoms. The Balaban J connectivity index is 1.74. The maximum absolute atomic E-state index is 12.7.